The third kappa shape index (κ3) is 7.93. The van der Waals surface area contributed by atoms with Crippen molar-refractivity contribution in [3.05, 3.63) is 128 Å². The van der Waals surface area contributed by atoms with Gasteiger partial charge in [0.05, 0.1) is 32.5 Å². The standard InChI is InChI=1S/C18H14N4O.C10H10O3.C8H8N4/c1-23-16-4-2-13(3-5-16)15-10-20-18-17(11-21-22(18)12-15)14-6-8-19-9-7-14;1-13-10-4-2-8(3-5-10)9(6-11)7-12;9-8-7(5-11-12-8)6-1-3-10-4-2-6/h2-12H,1H3;2-7,9H,1H3;1-5H,(H3,9,11,12). The molecule has 0 aliphatic heterocycles. The van der Waals surface area contributed by atoms with Crippen LogP contribution in [-0.2, 0) is 9.59 Å². The zero-order chi connectivity index (χ0) is 33.7. The number of nitrogens with two attached hydrogens (primary N) is 1. The normalized spacial score (nSPS) is 10.3. The predicted molar refractivity (Wildman–Crippen MR) is 182 cm³/mol. The number of nitrogens with zero attached hydrogens (tertiary/aromatic N) is 6. The summed E-state index contributed by atoms with van der Waals surface area (Å²) < 4.78 is 11.9. The SMILES string of the molecule is COc1ccc(-c2cnc3c(-c4ccncc4)cnn3c2)cc1.COc1ccc(C(C=O)C=O)cc1.Nc1[nH]ncc1-c1ccncc1. The monoisotopic (exact) mass is 640 g/mol. The number of ether oxygens (including phenoxy) is 2. The number of carbonyl (C=O) groups is 2. The molecule has 5 aromatic heterocycles. The van der Waals surface area contributed by atoms with Gasteiger partial charge in [-0.3, -0.25) is 15.1 Å². The van der Waals surface area contributed by atoms with Gasteiger partial charge in [-0.25, -0.2) is 9.50 Å². The highest BCUT2D eigenvalue weighted by Gasteiger charge is 2.10. The number of aromatic amines is 1. The zero-order valence-corrected chi connectivity index (χ0v) is 26.2. The number of nitrogens with one attached hydrogen (secondary N) is 1. The summed E-state index contributed by atoms with van der Waals surface area (Å²) in [5.74, 6) is 1.47. The van der Waals surface area contributed by atoms with Crippen LogP contribution < -0.4 is 15.2 Å². The molecule has 0 aliphatic carbocycles. The molecule has 3 N–H and O–H groups in total. The molecule has 0 saturated carbocycles. The van der Waals surface area contributed by atoms with Gasteiger partial charge in [-0.1, -0.05) is 24.3 Å². The summed E-state index contributed by atoms with van der Waals surface area (Å²) in [6, 6.07) is 22.4. The Morgan fingerprint density at radius 3 is 1.77 bits per heavy atom. The van der Waals surface area contributed by atoms with Crippen molar-refractivity contribution >= 4 is 24.0 Å². The molecule has 12 heteroatoms. The molecule has 12 nitrogen and oxygen atoms in total. The van der Waals surface area contributed by atoms with Gasteiger partial charge in [-0.15, -0.1) is 0 Å². The van der Waals surface area contributed by atoms with Crippen LogP contribution in [0.1, 0.15) is 11.5 Å². The van der Waals surface area contributed by atoms with Gasteiger partial charge < -0.3 is 24.8 Å². The van der Waals surface area contributed by atoms with Gasteiger partial charge in [0.15, 0.2) is 5.65 Å². The Morgan fingerprint density at radius 1 is 0.688 bits per heavy atom. The lowest BCUT2D eigenvalue weighted by Gasteiger charge is -2.04. The van der Waals surface area contributed by atoms with Gasteiger partial charge in [0, 0.05) is 53.9 Å². The van der Waals surface area contributed by atoms with E-state index in [1.807, 2.05) is 67.1 Å². The zero-order valence-electron chi connectivity index (χ0n) is 26.2. The van der Waals surface area contributed by atoms with Crippen LogP contribution in [-0.4, -0.2) is 61.6 Å². The summed E-state index contributed by atoms with van der Waals surface area (Å²) in [5, 5.41) is 10.9. The molecule has 7 aromatic rings. The summed E-state index contributed by atoms with van der Waals surface area (Å²) in [6.45, 7) is 0. The molecule has 0 bridgehead atoms. The minimum absolute atomic E-state index is 0.584. The number of fused-ring (bicyclic) bond motifs is 1. The number of nitrogen functional groups attached to an aromatic ring is 1. The van der Waals surface area contributed by atoms with Crippen LogP contribution >= 0.6 is 0 Å². The van der Waals surface area contributed by atoms with Crippen LogP contribution in [0.2, 0.25) is 0 Å². The first kappa shape index (κ1) is 32.7. The van der Waals surface area contributed by atoms with E-state index in [1.165, 1.54) is 0 Å². The summed E-state index contributed by atoms with van der Waals surface area (Å²) in [5.41, 5.74) is 13.2. The maximum atomic E-state index is 10.4. The molecule has 0 spiro atoms. The van der Waals surface area contributed by atoms with Gasteiger partial charge in [-0.2, -0.15) is 10.2 Å². The highest BCUT2D eigenvalue weighted by atomic mass is 16.5. The van der Waals surface area contributed by atoms with E-state index in [0.717, 1.165) is 44.8 Å². The molecule has 0 aliphatic rings. The average Bonchev–Trinajstić information content (AvgIpc) is 3.79. The highest BCUT2D eigenvalue weighted by Crippen LogP contribution is 2.26. The van der Waals surface area contributed by atoms with Crippen molar-refractivity contribution < 1.29 is 19.1 Å². The molecular formula is C36H32N8O4. The van der Waals surface area contributed by atoms with Gasteiger partial charge in [0.2, 0.25) is 0 Å². The second-order valence-corrected chi connectivity index (χ2v) is 10.1. The third-order valence-electron chi connectivity index (χ3n) is 7.23. The van der Waals surface area contributed by atoms with Crippen molar-refractivity contribution in [3.63, 3.8) is 0 Å². The summed E-state index contributed by atoms with van der Waals surface area (Å²) >= 11 is 0. The number of anilines is 1. The van der Waals surface area contributed by atoms with E-state index in [4.69, 9.17) is 15.2 Å². The molecule has 48 heavy (non-hydrogen) atoms. The summed E-state index contributed by atoms with van der Waals surface area (Å²) in [4.78, 5) is 33.4. The van der Waals surface area contributed by atoms with Crippen LogP contribution in [0.25, 0.3) is 39.0 Å². The fourth-order valence-corrected chi connectivity index (χ4v) is 4.62. The Morgan fingerprint density at radius 2 is 1.25 bits per heavy atom. The van der Waals surface area contributed by atoms with Gasteiger partial charge >= 0.3 is 0 Å². The summed E-state index contributed by atoms with van der Waals surface area (Å²) in [7, 11) is 3.22. The number of methoxy groups -OCH3 is 2. The number of pyridine rings is 2. The van der Waals surface area contributed by atoms with Gasteiger partial charge in [-0.05, 0) is 70.8 Å². The number of H-pyrrole nitrogens is 1. The number of aldehydes is 2. The van der Waals surface area contributed by atoms with Gasteiger partial charge in [0.1, 0.15) is 29.9 Å². The highest BCUT2D eigenvalue weighted by molar-refractivity contribution is 5.85. The maximum Gasteiger partial charge on any atom is 0.162 e. The van der Waals surface area contributed by atoms with E-state index in [1.54, 1.807) is 74.0 Å². The van der Waals surface area contributed by atoms with E-state index in [-0.39, 0.29) is 0 Å². The Kier molecular flexibility index (Phi) is 10.9. The lowest BCUT2D eigenvalue weighted by atomic mass is 10.0. The van der Waals surface area contributed by atoms with Crippen molar-refractivity contribution in [3.8, 4) is 44.9 Å². The van der Waals surface area contributed by atoms with E-state index in [0.29, 0.717) is 29.7 Å². The Bertz CT molecular complexity index is 2040. The van der Waals surface area contributed by atoms with Crippen molar-refractivity contribution in [1.29, 1.82) is 0 Å². The number of carbonyl (C=O) groups excluding carboxylic acids is 2. The molecule has 5 heterocycles. The van der Waals surface area contributed by atoms with E-state index in [9.17, 15) is 9.59 Å². The number of hydrogen-bond donors (Lipinski definition) is 2. The van der Waals surface area contributed by atoms with Crippen molar-refractivity contribution in [2.75, 3.05) is 20.0 Å². The fraction of sp³-hybridized carbons (Fsp3) is 0.0833. The molecule has 7 rings (SSSR count). The van der Waals surface area contributed by atoms with Crippen molar-refractivity contribution in [1.82, 2.24) is 34.8 Å². The number of aromatic nitrogens is 7. The first-order chi connectivity index (χ1) is 23.5. The maximum absolute atomic E-state index is 10.4. The van der Waals surface area contributed by atoms with Gasteiger partial charge in [0.25, 0.3) is 0 Å². The molecule has 0 saturated heterocycles. The molecule has 0 atom stereocenters. The first-order valence-electron chi connectivity index (χ1n) is 14.7. The number of hydrogen-bond acceptors (Lipinski definition) is 10. The van der Waals surface area contributed by atoms with E-state index < -0.39 is 5.92 Å². The second kappa shape index (κ2) is 16.0. The molecule has 0 fully saturated rings. The van der Waals surface area contributed by atoms with E-state index >= 15 is 0 Å². The van der Waals surface area contributed by atoms with Crippen LogP contribution in [0, 0.1) is 0 Å². The summed E-state index contributed by atoms with van der Waals surface area (Å²) in [6.07, 6.45) is 15.6. The lowest BCUT2D eigenvalue weighted by Crippen LogP contribution is -2.00. The van der Waals surface area contributed by atoms with E-state index in [2.05, 4.69) is 30.2 Å². The third-order valence-corrected chi connectivity index (χ3v) is 7.23. The van der Waals surface area contributed by atoms with Crippen LogP contribution in [0.4, 0.5) is 5.82 Å². The number of benzene rings is 2. The molecule has 0 radical (unpaired) electrons. The smallest absolute Gasteiger partial charge is 0.162 e. The molecule has 240 valence electrons. The average molecular weight is 641 g/mol. The van der Waals surface area contributed by atoms with Crippen LogP contribution in [0.5, 0.6) is 11.5 Å². The first-order valence-corrected chi connectivity index (χ1v) is 14.7. The second-order valence-electron chi connectivity index (χ2n) is 10.1. The fourth-order valence-electron chi connectivity index (χ4n) is 4.62. The molecule has 2 aromatic carbocycles. The Hall–Kier alpha value is -6.69. The Labute approximate surface area is 276 Å². The largest absolute Gasteiger partial charge is 0.497 e. The van der Waals surface area contributed by atoms with Crippen LogP contribution in [0.15, 0.2) is 122 Å². The topological polar surface area (TPSA) is 163 Å². The lowest BCUT2D eigenvalue weighted by molar-refractivity contribution is -0.116. The minimum Gasteiger partial charge on any atom is -0.497 e. The minimum atomic E-state index is -0.661. The van der Waals surface area contributed by atoms with Crippen molar-refractivity contribution in [2.45, 2.75) is 5.92 Å². The molecular weight excluding hydrogens is 608 g/mol. The quantitative estimate of drug-likeness (QED) is 0.156. The number of rotatable bonds is 8. The predicted octanol–water partition coefficient (Wildman–Crippen LogP) is 5.70. The molecule has 0 amide bonds. The van der Waals surface area contributed by atoms with Crippen LogP contribution in [0.3, 0.4) is 0 Å². The van der Waals surface area contributed by atoms with Crippen molar-refractivity contribution in [2.24, 2.45) is 0 Å². The molecule has 0 unspecified atom stereocenters. The Balaban J connectivity index is 0.000000154.